The molecule has 1 N–H and O–H groups in total. The second kappa shape index (κ2) is 6.64. The van der Waals surface area contributed by atoms with Crippen molar-refractivity contribution in [1.82, 2.24) is 4.90 Å². The molecular weight excluding hydrogens is 252 g/mol. The predicted molar refractivity (Wildman–Crippen MR) is 69.2 cm³/mol. The van der Waals surface area contributed by atoms with Gasteiger partial charge in [-0.1, -0.05) is 19.3 Å². The summed E-state index contributed by atoms with van der Waals surface area (Å²) in [5.41, 5.74) is -0.681. The van der Waals surface area contributed by atoms with Crippen molar-refractivity contribution in [2.45, 2.75) is 37.6 Å². The fourth-order valence-corrected chi connectivity index (χ4v) is 2.87. The summed E-state index contributed by atoms with van der Waals surface area (Å²) in [7, 11) is 1.65. The van der Waals surface area contributed by atoms with Crippen molar-refractivity contribution in [3.05, 3.63) is 0 Å². The number of hydrogen-bond donors (Lipinski definition) is 1. The highest BCUT2D eigenvalue weighted by Gasteiger charge is 2.38. The molecule has 1 aliphatic rings. The van der Waals surface area contributed by atoms with E-state index in [4.69, 9.17) is 5.11 Å². The van der Waals surface area contributed by atoms with E-state index in [9.17, 15) is 14.9 Å². The van der Waals surface area contributed by atoms with E-state index < -0.39 is 11.5 Å². The Morgan fingerprint density at radius 2 is 1.94 bits per heavy atom. The number of nitrogens with zero attached hydrogens (tertiary/aromatic N) is 2. The van der Waals surface area contributed by atoms with E-state index in [-0.39, 0.29) is 17.4 Å². The lowest BCUT2D eigenvalue weighted by atomic mass is 9.81. The lowest BCUT2D eigenvalue weighted by Crippen LogP contribution is -2.50. The fraction of sp³-hybridized carbons (Fsp3) is 0.750. The van der Waals surface area contributed by atoms with Gasteiger partial charge in [-0.2, -0.15) is 5.26 Å². The van der Waals surface area contributed by atoms with Gasteiger partial charge < -0.3 is 10.0 Å². The number of hydrogen-bond acceptors (Lipinski definition) is 4. The van der Waals surface area contributed by atoms with Crippen LogP contribution < -0.4 is 0 Å². The van der Waals surface area contributed by atoms with Crippen LogP contribution in [0.3, 0.4) is 0 Å². The molecule has 1 amide bonds. The highest BCUT2D eigenvalue weighted by Crippen LogP contribution is 2.32. The molecule has 5 nitrogen and oxygen atoms in total. The molecule has 0 aromatic carbocycles. The molecule has 1 saturated carbocycles. The third kappa shape index (κ3) is 3.64. The molecule has 0 aliphatic heterocycles. The van der Waals surface area contributed by atoms with Crippen LogP contribution in [-0.4, -0.2) is 46.0 Å². The Bertz CT molecular complexity index is 359. The summed E-state index contributed by atoms with van der Waals surface area (Å²) < 4.78 is 0. The quantitative estimate of drug-likeness (QED) is 0.818. The molecule has 0 saturated heterocycles. The number of aliphatic carboxylic acids is 1. The van der Waals surface area contributed by atoms with Gasteiger partial charge in [-0.25, -0.2) is 0 Å². The van der Waals surface area contributed by atoms with E-state index in [2.05, 4.69) is 6.07 Å². The van der Waals surface area contributed by atoms with Crippen LogP contribution in [0.2, 0.25) is 0 Å². The number of carboxylic acid groups (broad SMARTS) is 1. The number of amides is 1. The molecule has 0 atom stereocenters. The van der Waals surface area contributed by atoms with Gasteiger partial charge in [-0.15, -0.1) is 11.8 Å². The van der Waals surface area contributed by atoms with Gasteiger partial charge in [0.25, 0.3) is 0 Å². The Balaban J connectivity index is 2.55. The first-order chi connectivity index (χ1) is 8.52. The van der Waals surface area contributed by atoms with Gasteiger partial charge >= 0.3 is 5.97 Å². The number of carbonyl (C=O) groups excluding carboxylic acids is 1. The number of nitriles is 1. The van der Waals surface area contributed by atoms with E-state index in [1.165, 1.54) is 4.90 Å². The van der Waals surface area contributed by atoms with E-state index >= 15 is 0 Å². The molecular formula is C12H18N2O3S. The summed E-state index contributed by atoms with van der Waals surface area (Å²) in [6.07, 6.45) is 4.48. The molecule has 1 aliphatic carbocycles. The Labute approximate surface area is 111 Å². The molecule has 0 aromatic heterocycles. The van der Waals surface area contributed by atoms with Gasteiger partial charge in [0.1, 0.15) is 5.54 Å². The van der Waals surface area contributed by atoms with Crippen LogP contribution >= 0.6 is 11.8 Å². The van der Waals surface area contributed by atoms with Gasteiger partial charge in [0.15, 0.2) is 0 Å². The molecule has 0 bridgehead atoms. The Morgan fingerprint density at radius 3 is 2.44 bits per heavy atom. The maximum atomic E-state index is 11.9. The summed E-state index contributed by atoms with van der Waals surface area (Å²) in [6.45, 7) is 0. The number of carboxylic acids is 1. The maximum Gasteiger partial charge on any atom is 0.313 e. The normalized spacial score (nSPS) is 17.8. The zero-order valence-corrected chi connectivity index (χ0v) is 11.3. The molecule has 0 spiro atoms. The molecule has 100 valence electrons. The molecule has 0 unspecified atom stereocenters. The predicted octanol–water partition coefficient (Wildman–Crippen LogP) is 1.49. The van der Waals surface area contributed by atoms with Crippen LogP contribution in [0.1, 0.15) is 32.1 Å². The van der Waals surface area contributed by atoms with Crippen molar-refractivity contribution >= 4 is 23.6 Å². The largest absolute Gasteiger partial charge is 0.481 e. The van der Waals surface area contributed by atoms with Crippen LogP contribution in [0, 0.1) is 11.3 Å². The third-order valence-electron chi connectivity index (χ3n) is 3.36. The minimum absolute atomic E-state index is 0.0842. The van der Waals surface area contributed by atoms with Crippen LogP contribution in [0.5, 0.6) is 0 Å². The first-order valence-electron chi connectivity index (χ1n) is 5.99. The van der Waals surface area contributed by atoms with Gasteiger partial charge in [-0.3, -0.25) is 9.59 Å². The molecule has 1 fully saturated rings. The SMILES string of the molecule is CN(C(=O)CSCC(=O)O)C1(C#N)CCCCC1. The molecule has 0 aromatic rings. The standard InChI is InChI=1S/C12H18N2O3S/c1-14(10(15)7-18-8-11(16)17)12(9-13)5-3-2-4-6-12/h2-8H2,1H3,(H,16,17). The topological polar surface area (TPSA) is 81.4 Å². The third-order valence-corrected chi connectivity index (χ3v) is 4.26. The number of carbonyl (C=O) groups is 2. The van der Waals surface area contributed by atoms with Crippen molar-refractivity contribution in [2.24, 2.45) is 0 Å². The van der Waals surface area contributed by atoms with Gasteiger partial charge in [0.2, 0.25) is 5.91 Å². The maximum absolute atomic E-state index is 11.9. The van der Waals surface area contributed by atoms with Crippen LogP contribution in [0.4, 0.5) is 0 Å². The average Bonchev–Trinajstić information content (AvgIpc) is 2.38. The monoisotopic (exact) mass is 270 g/mol. The van der Waals surface area contributed by atoms with E-state index in [0.29, 0.717) is 0 Å². The summed E-state index contributed by atoms with van der Waals surface area (Å²) in [4.78, 5) is 23.8. The minimum atomic E-state index is -0.928. The smallest absolute Gasteiger partial charge is 0.313 e. The van der Waals surface area contributed by atoms with Crippen molar-refractivity contribution in [2.75, 3.05) is 18.6 Å². The van der Waals surface area contributed by atoms with Crippen molar-refractivity contribution in [1.29, 1.82) is 5.26 Å². The first-order valence-corrected chi connectivity index (χ1v) is 7.15. The molecule has 0 radical (unpaired) electrons. The average molecular weight is 270 g/mol. The lowest BCUT2D eigenvalue weighted by molar-refractivity contribution is -0.134. The number of rotatable bonds is 5. The second-order valence-electron chi connectivity index (χ2n) is 4.54. The van der Waals surface area contributed by atoms with Crippen LogP contribution in [-0.2, 0) is 9.59 Å². The summed E-state index contributed by atoms with van der Waals surface area (Å²) >= 11 is 1.07. The zero-order valence-electron chi connectivity index (χ0n) is 10.5. The Kier molecular flexibility index (Phi) is 5.48. The summed E-state index contributed by atoms with van der Waals surface area (Å²) in [6, 6.07) is 2.28. The molecule has 6 heteroatoms. The molecule has 18 heavy (non-hydrogen) atoms. The van der Waals surface area contributed by atoms with Crippen molar-refractivity contribution in [3.63, 3.8) is 0 Å². The Hall–Kier alpha value is -1.22. The fourth-order valence-electron chi connectivity index (χ4n) is 2.22. The number of thioether (sulfide) groups is 1. The van der Waals surface area contributed by atoms with Gasteiger partial charge in [-0.05, 0) is 12.8 Å². The summed E-state index contributed by atoms with van der Waals surface area (Å²) in [5, 5.41) is 17.8. The van der Waals surface area contributed by atoms with E-state index in [1.54, 1.807) is 7.05 Å². The summed E-state index contributed by atoms with van der Waals surface area (Å²) in [5.74, 6) is -1.06. The highest BCUT2D eigenvalue weighted by molar-refractivity contribution is 8.00. The lowest BCUT2D eigenvalue weighted by Gasteiger charge is -2.39. The highest BCUT2D eigenvalue weighted by atomic mass is 32.2. The second-order valence-corrected chi connectivity index (χ2v) is 5.53. The Morgan fingerprint density at radius 1 is 1.33 bits per heavy atom. The van der Waals surface area contributed by atoms with E-state index in [0.717, 1.165) is 43.9 Å². The first kappa shape index (κ1) is 14.8. The van der Waals surface area contributed by atoms with Gasteiger partial charge in [0, 0.05) is 7.05 Å². The zero-order chi connectivity index (χ0) is 13.6. The van der Waals surface area contributed by atoms with Crippen molar-refractivity contribution < 1.29 is 14.7 Å². The molecule has 0 heterocycles. The minimum Gasteiger partial charge on any atom is -0.481 e. The van der Waals surface area contributed by atoms with Crippen LogP contribution in [0.25, 0.3) is 0 Å². The van der Waals surface area contributed by atoms with Gasteiger partial charge in [0.05, 0.1) is 17.6 Å². The van der Waals surface area contributed by atoms with E-state index in [1.807, 2.05) is 0 Å². The molecule has 1 rings (SSSR count). The van der Waals surface area contributed by atoms with Crippen LogP contribution in [0.15, 0.2) is 0 Å². The van der Waals surface area contributed by atoms with Crippen molar-refractivity contribution in [3.8, 4) is 6.07 Å².